The molecule has 0 aliphatic rings. The zero-order valence-electron chi connectivity index (χ0n) is 16.9. The molecular weight excluding hydrogens is 401 g/mol. The van der Waals surface area contributed by atoms with Gasteiger partial charge in [-0.05, 0) is 30.3 Å². The number of ether oxygens (including phenoxy) is 1. The van der Waals surface area contributed by atoms with E-state index in [1.54, 1.807) is 12.1 Å². The molecule has 0 saturated heterocycles. The minimum absolute atomic E-state index is 0.0982. The molecule has 7 nitrogen and oxygen atoms in total. The molecule has 0 spiro atoms. The van der Waals surface area contributed by atoms with Crippen LogP contribution in [0.2, 0.25) is 0 Å². The first-order chi connectivity index (χ1) is 14.9. The van der Waals surface area contributed by atoms with Gasteiger partial charge < -0.3 is 25.1 Å². The van der Waals surface area contributed by atoms with Gasteiger partial charge in [0.1, 0.15) is 22.7 Å². The van der Waals surface area contributed by atoms with Gasteiger partial charge in [-0.25, -0.2) is 4.39 Å². The first kappa shape index (κ1) is 20.2. The molecule has 0 aliphatic carbocycles. The van der Waals surface area contributed by atoms with E-state index in [9.17, 15) is 14.0 Å². The first-order valence-corrected chi connectivity index (χ1v) is 9.55. The predicted molar refractivity (Wildman–Crippen MR) is 118 cm³/mol. The van der Waals surface area contributed by atoms with Gasteiger partial charge in [0.05, 0.1) is 25.0 Å². The standard InChI is InChI=1S/C23H20FN3O4/c1-13(28)26-14-7-8-17(24)18(9-14)25-12-23(29)27-19-11-21-16(10-22(19)30-2)15-5-3-4-6-20(15)31-21/h3-11,25H,12H2,1-2H3,(H,26,28)(H,27,29). The Morgan fingerprint density at radius 3 is 2.55 bits per heavy atom. The maximum absolute atomic E-state index is 14.0. The van der Waals surface area contributed by atoms with Crippen molar-refractivity contribution in [2.75, 3.05) is 29.6 Å². The van der Waals surface area contributed by atoms with E-state index in [4.69, 9.17) is 9.15 Å². The minimum Gasteiger partial charge on any atom is -0.495 e. The number of carbonyl (C=O) groups is 2. The smallest absolute Gasteiger partial charge is 0.243 e. The number of halogens is 1. The van der Waals surface area contributed by atoms with Crippen molar-refractivity contribution in [3.8, 4) is 5.75 Å². The lowest BCUT2D eigenvalue weighted by atomic mass is 10.1. The third-order valence-electron chi connectivity index (χ3n) is 4.70. The van der Waals surface area contributed by atoms with Crippen LogP contribution in [0.25, 0.3) is 21.9 Å². The normalized spacial score (nSPS) is 10.8. The van der Waals surface area contributed by atoms with Crippen molar-refractivity contribution in [3.63, 3.8) is 0 Å². The fourth-order valence-corrected chi connectivity index (χ4v) is 3.33. The molecular formula is C23H20FN3O4. The van der Waals surface area contributed by atoms with Crippen molar-refractivity contribution in [3.05, 3.63) is 60.4 Å². The maximum Gasteiger partial charge on any atom is 0.243 e. The molecule has 4 rings (SSSR count). The summed E-state index contributed by atoms with van der Waals surface area (Å²) in [5, 5.41) is 9.89. The number of benzene rings is 3. The lowest BCUT2D eigenvalue weighted by Gasteiger charge is -2.12. The van der Waals surface area contributed by atoms with Crippen LogP contribution >= 0.6 is 0 Å². The van der Waals surface area contributed by atoms with E-state index in [2.05, 4.69) is 16.0 Å². The van der Waals surface area contributed by atoms with Gasteiger partial charge in [-0.1, -0.05) is 18.2 Å². The number of para-hydroxylation sites is 1. The Morgan fingerprint density at radius 2 is 1.77 bits per heavy atom. The highest BCUT2D eigenvalue weighted by Crippen LogP contribution is 2.36. The molecule has 3 N–H and O–H groups in total. The van der Waals surface area contributed by atoms with Crippen LogP contribution < -0.4 is 20.7 Å². The molecule has 1 heterocycles. The molecule has 0 bridgehead atoms. The summed E-state index contributed by atoms with van der Waals surface area (Å²) >= 11 is 0. The van der Waals surface area contributed by atoms with Crippen LogP contribution in [0.1, 0.15) is 6.92 Å². The van der Waals surface area contributed by atoms with Gasteiger partial charge in [-0.3, -0.25) is 9.59 Å². The Bertz CT molecular complexity index is 1300. The number of amides is 2. The van der Waals surface area contributed by atoms with Gasteiger partial charge in [0.2, 0.25) is 11.8 Å². The second kappa shape index (κ2) is 8.35. The van der Waals surface area contributed by atoms with E-state index in [-0.39, 0.29) is 18.1 Å². The molecule has 2 amide bonds. The molecule has 31 heavy (non-hydrogen) atoms. The second-order valence-electron chi connectivity index (χ2n) is 6.92. The summed E-state index contributed by atoms with van der Waals surface area (Å²) in [7, 11) is 1.51. The number of methoxy groups -OCH3 is 1. The van der Waals surface area contributed by atoms with Crippen molar-refractivity contribution in [2.24, 2.45) is 0 Å². The Balaban J connectivity index is 1.52. The maximum atomic E-state index is 14.0. The number of fused-ring (bicyclic) bond motifs is 3. The third-order valence-corrected chi connectivity index (χ3v) is 4.70. The van der Waals surface area contributed by atoms with Gasteiger partial charge in [0.25, 0.3) is 0 Å². The quantitative estimate of drug-likeness (QED) is 0.418. The molecule has 0 radical (unpaired) electrons. The van der Waals surface area contributed by atoms with Crippen LogP contribution in [0.15, 0.2) is 59.0 Å². The van der Waals surface area contributed by atoms with E-state index < -0.39 is 11.7 Å². The average Bonchev–Trinajstić information content (AvgIpc) is 3.10. The topological polar surface area (TPSA) is 92.6 Å². The molecule has 3 aromatic carbocycles. The van der Waals surface area contributed by atoms with Gasteiger partial charge in [0, 0.05) is 29.4 Å². The lowest BCUT2D eigenvalue weighted by molar-refractivity contribution is -0.115. The van der Waals surface area contributed by atoms with Crippen LogP contribution in [0.4, 0.5) is 21.5 Å². The molecule has 1 aromatic heterocycles. The molecule has 0 aliphatic heterocycles. The molecule has 0 fully saturated rings. The number of rotatable bonds is 6. The number of anilines is 3. The van der Waals surface area contributed by atoms with E-state index in [1.165, 1.54) is 32.2 Å². The summed E-state index contributed by atoms with van der Waals surface area (Å²) in [4.78, 5) is 23.7. The Labute approximate surface area is 177 Å². The number of furan rings is 1. The summed E-state index contributed by atoms with van der Waals surface area (Å²) in [5.74, 6) is -0.740. The highest BCUT2D eigenvalue weighted by Gasteiger charge is 2.14. The molecule has 158 valence electrons. The van der Waals surface area contributed by atoms with E-state index in [0.29, 0.717) is 22.7 Å². The van der Waals surface area contributed by atoms with Gasteiger partial charge in [-0.2, -0.15) is 0 Å². The van der Waals surface area contributed by atoms with Crippen molar-refractivity contribution in [1.29, 1.82) is 0 Å². The highest BCUT2D eigenvalue weighted by molar-refractivity contribution is 6.08. The van der Waals surface area contributed by atoms with Gasteiger partial charge >= 0.3 is 0 Å². The van der Waals surface area contributed by atoms with Crippen LogP contribution in [-0.4, -0.2) is 25.5 Å². The SMILES string of the molecule is COc1cc2c(cc1NC(=O)CNc1cc(NC(C)=O)ccc1F)oc1ccccc12. The van der Waals surface area contributed by atoms with E-state index in [0.717, 1.165) is 16.4 Å². The zero-order valence-corrected chi connectivity index (χ0v) is 16.9. The summed E-state index contributed by atoms with van der Waals surface area (Å²) in [6.45, 7) is 1.16. The Kier molecular flexibility index (Phi) is 5.44. The van der Waals surface area contributed by atoms with Crippen molar-refractivity contribution < 1.29 is 23.1 Å². The lowest BCUT2D eigenvalue weighted by Crippen LogP contribution is -2.22. The number of carbonyl (C=O) groups excluding carboxylic acids is 2. The summed E-state index contributed by atoms with van der Waals surface area (Å²) in [5.41, 5.74) is 2.31. The van der Waals surface area contributed by atoms with Crippen LogP contribution in [-0.2, 0) is 9.59 Å². The molecule has 8 heteroatoms. The van der Waals surface area contributed by atoms with Gasteiger partial charge in [0.15, 0.2) is 0 Å². The van der Waals surface area contributed by atoms with Crippen molar-refractivity contribution in [1.82, 2.24) is 0 Å². The predicted octanol–water partition coefficient (Wildman–Crippen LogP) is 4.74. The van der Waals surface area contributed by atoms with Crippen LogP contribution in [0.3, 0.4) is 0 Å². The second-order valence-corrected chi connectivity index (χ2v) is 6.92. The summed E-state index contributed by atoms with van der Waals surface area (Å²) in [6, 6.07) is 15.2. The summed E-state index contributed by atoms with van der Waals surface area (Å²) < 4.78 is 25.3. The number of hydrogen-bond donors (Lipinski definition) is 3. The average molecular weight is 421 g/mol. The highest BCUT2D eigenvalue weighted by atomic mass is 19.1. The van der Waals surface area contributed by atoms with Crippen LogP contribution in [0.5, 0.6) is 5.75 Å². The first-order valence-electron chi connectivity index (χ1n) is 9.55. The Hall–Kier alpha value is -4.07. The van der Waals surface area contributed by atoms with Gasteiger partial charge in [-0.15, -0.1) is 0 Å². The third kappa shape index (κ3) is 4.28. The molecule has 0 unspecified atom stereocenters. The fourth-order valence-electron chi connectivity index (χ4n) is 3.33. The van der Waals surface area contributed by atoms with E-state index in [1.807, 2.05) is 24.3 Å². The van der Waals surface area contributed by atoms with E-state index >= 15 is 0 Å². The monoisotopic (exact) mass is 421 g/mol. The van der Waals surface area contributed by atoms with Crippen LogP contribution in [0, 0.1) is 5.82 Å². The summed E-state index contributed by atoms with van der Waals surface area (Å²) in [6.07, 6.45) is 0. The Morgan fingerprint density at radius 1 is 0.968 bits per heavy atom. The molecule has 0 atom stereocenters. The largest absolute Gasteiger partial charge is 0.495 e. The van der Waals surface area contributed by atoms with Crippen molar-refractivity contribution >= 4 is 50.8 Å². The number of hydrogen-bond acceptors (Lipinski definition) is 5. The van der Waals surface area contributed by atoms with Crippen molar-refractivity contribution in [2.45, 2.75) is 6.92 Å². The number of nitrogens with one attached hydrogen (secondary N) is 3. The fraction of sp³-hybridized carbons (Fsp3) is 0.130. The zero-order chi connectivity index (χ0) is 22.0. The molecule has 4 aromatic rings. The molecule has 0 saturated carbocycles. The minimum atomic E-state index is -0.539.